The molecule has 182 valence electrons. The molecule has 0 heterocycles. The first-order chi connectivity index (χ1) is 16.0. The van der Waals surface area contributed by atoms with Gasteiger partial charge in [-0.25, -0.2) is 0 Å². The predicted octanol–water partition coefficient (Wildman–Crippen LogP) is 9.75. The topological polar surface area (TPSA) is 27.7 Å². The molecule has 0 spiro atoms. The average molecular weight is 479 g/mol. The average Bonchev–Trinajstić information content (AvgIpc) is 2.77. The van der Waals surface area contributed by atoms with Gasteiger partial charge >= 0.3 is 8.60 Å². The van der Waals surface area contributed by atoms with Crippen molar-refractivity contribution in [2.24, 2.45) is 0 Å². The molecule has 0 fully saturated rings. The van der Waals surface area contributed by atoms with Gasteiger partial charge in [-0.05, 0) is 90.1 Å². The highest BCUT2D eigenvalue weighted by Crippen LogP contribution is 2.45. The Hall–Kier alpha value is -2.51. The lowest BCUT2D eigenvalue weighted by atomic mass is 10.0. The molecule has 0 aliphatic heterocycles. The van der Waals surface area contributed by atoms with E-state index in [-0.39, 0.29) is 0 Å². The molecule has 0 bridgehead atoms. The van der Waals surface area contributed by atoms with Crippen LogP contribution in [-0.4, -0.2) is 0 Å². The number of rotatable bonds is 9. The van der Waals surface area contributed by atoms with Gasteiger partial charge in [0.05, 0.1) is 0 Å². The predicted molar refractivity (Wildman–Crippen MR) is 145 cm³/mol. The van der Waals surface area contributed by atoms with Gasteiger partial charge < -0.3 is 13.6 Å². The van der Waals surface area contributed by atoms with Crippen LogP contribution in [0.25, 0.3) is 0 Å². The summed E-state index contributed by atoms with van der Waals surface area (Å²) in [5.41, 5.74) is 7.09. The van der Waals surface area contributed by atoms with Gasteiger partial charge in [-0.3, -0.25) is 0 Å². The first kappa shape index (κ1) is 26.1. The highest BCUT2D eigenvalue weighted by molar-refractivity contribution is 7.43. The third-order valence-corrected chi connectivity index (χ3v) is 7.15. The second kappa shape index (κ2) is 11.3. The Balaban J connectivity index is 1.92. The fraction of sp³-hybridized carbons (Fsp3) is 0.400. The molecule has 3 rings (SSSR count). The molecule has 0 saturated carbocycles. The molecule has 0 radical (unpaired) electrons. The van der Waals surface area contributed by atoms with Gasteiger partial charge in [-0.1, -0.05) is 77.9 Å². The Bertz CT molecular complexity index is 977. The van der Waals surface area contributed by atoms with Crippen molar-refractivity contribution in [2.75, 3.05) is 0 Å². The summed E-state index contributed by atoms with van der Waals surface area (Å²) >= 11 is 0. The monoisotopic (exact) mass is 478 g/mol. The summed E-state index contributed by atoms with van der Waals surface area (Å²) in [7, 11) is -1.71. The van der Waals surface area contributed by atoms with E-state index in [1.165, 1.54) is 16.7 Å². The van der Waals surface area contributed by atoms with Gasteiger partial charge in [0.2, 0.25) is 0 Å². The molecule has 0 amide bonds. The third kappa shape index (κ3) is 6.54. The standard InChI is InChI=1S/C30H39O3P/c1-19(2)25-10-13-28(22(7)16-25)31-34(32-29-14-11-26(20(3)4)17-23(29)8)33-30-15-12-27(21(5)6)18-24(30)9/h10-21H,1-9H3. The van der Waals surface area contributed by atoms with Gasteiger partial charge in [-0.2, -0.15) is 0 Å². The molecular weight excluding hydrogens is 439 g/mol. The van der Waals surface area contributed by atoms with E-state index in [9.17, 15) is 0 Å². The van der Waals surface area contributed by atoms with Gasteiger partial charge in [-0.15, -0.1) is 0 Å². The van der Waals surface area contributed by atoms with Crippen molar-refractivity contribution in [2.45, 2.75) is 80.1 Å². The Morgan fingerprint density at radius 1 is 0.471 bits per heavy atom. The van der Waals surface area contributed by atoms with Gasteiger partial charge in [0, 0.05) is 0 Å². The molecule has 0 atom stereocenters. The maximum Gasteiger partial charge on any atom is 0.530 e. The van der Waals surface area contributed by atoms with E-state index in [1.807, 2.05) is 18.2 Å². The molecule has 3 nitrogen and oxygen atoms in total. The molecule has 3 aromatic rings. The van der Waals surface area contributed by atoms with Crippen LogP contribution >= 0.6 is 8.60 Å². The van der Waals surface area contributed by atoms with E-state index in [4.69, 9.17) is 13.6 Å². The number of hydrogen-bond acceptors (Lipinski definition) is 3. The van der Waals surface area contributed by atoms with E-state index in [1.54, 1.807) is 0 Å². The van der Waals surface area contributed by atoms with Crippen LogP contribution in [0.2, 0.25) is 0 Å². The molecule has 34 heavy (non-hydrogen) atoms. The first-order valence-electron chi connectivity index (χ1n) is 12.2. The summed E-state index contributed by atoms with van der Waals surface area (Å²) in [6, 6.07) is 19.0. The second-order valence-electron chi connectivity index (χ2n) is 10.0. The molecule has 0 N–H and O–H groups in total. The molecule has 0 aromatic heterocycles. The molecule has 0 aliphatic rings. The van der Waals surface area contributed by atoms with Crippen LogP contribution in [0.4, 0.5) is 0 Å². The number of aryl methyl sites for hydroxylation is 3. The summed E-state index contributed by atoms with van der Waals surface area (Å²) in [5, 5.41) is 0. The van der Waals surface area contributed by atoms with Crippen LogP contribution in [0, 0.1) is 20.8 Å². The van der Waals surface area contributed by atoms with E-state index in [2.05, 4.69) is 98.7 Å². The second-order valence-corrected chi connectivity index (χ2v) is 11.0. The largest absolute Gasteiger partial charge is 0.530 e. The van der Waals surface area contributed by atoms with Crippen molar-refractivity contribution in [1.29, 1.82) is 0 Å². The van der Waals surface area contributed by atoms with Crippen molar-refractivity contribution in [1.82, 2.24) is 0 Å². The van der Waals surface area contributed by atoms with Crippen molar-refractivity contribution in [3.63, 3.8) is 0 Å². The smallest absolute Gasteiger partial charge is 0.408 e. The summed E-state index contributed by atoms with van der Waals surface area (Å²) in [5.74, 6) is 3.73. The minimum atomic E-state index is -1.71. The fourth-order valence-electron chi connectivity index (χ4n) is 3.70. The number of hydrogen-bond donors (Lipinski definition) is 0. The molecule has 0 aliphatic carbocycles. The molecular formula is C30H39O3P. The van der Waals surface area contributed by atoms with Crippen molar-refractivity contribution < 1.29 is 13.6 Å². The van der Waals surface area contributed by atoms with E-state index in [0.717, 1.165) is 33.9 Å². The van der Waals surface area contributed by atoms with Crippen molar-refractivity contribution in [3.05, 3.63) is 88.0 Å². The fourth-order valence-corrected chi connectivity index (χ4v) is 4.91. The summed E-state index contributed by atoms with van der Waals surface area (Å²) in [6.45, 7) is 19.4. The lowest BCUT2D eigenvalue weighted by Crippen LogP contribution is -2.05. The Labute approximate surface area is 207 Å². The highest BCUT2D eigenvalue weighted by atomic mass is 31.2. The van der Waals surface area contributed by atoms with E-state index in [0.29, 0.717) is 17.8 Å². The summed E-state index contributed by atoms with van der Waals surface area (Å²) in [6.07, 6.45) is 0. The van der Waals surface area contributed by atoms with Crippen LogP contribution in [-0.2, 0) is 0 Å². The maximum atomic E-state index is 6.37. The zero-order chi connectivity index (χ0) is 25.0. The highest BCUT2D eigenvalue weighted by Gasteiger charge is 2.23. The van der Waals surface area contributed by atoms with Gasteiger partial charge in [0.1, 0.15) is 17.2 Å². The quantitative estimate of drug-likeness (QED) is 0.286. The first-order valence-corrected chi connectivity index (χ1v) is 13.3. The lowest BCUT2D eigenvalue weighted by molar-refractivity contribution is 0.384. The minimum absolute atomic E-state index is 0.464. The Morgan fingerprint density at radius 2 is 0.735 bits per heavy atom. The van der Waals surface area contributed by atoms with E-state index < -0.39 is 8.60 Å². The van der Waals surface area contributed by atoms with Crippen LogP contribution in [0.15, 0.2) is 54.6 Å². The Morgan fingerprint density at radius 3 is 0.941 bits per heavy atom. The van der Waals surface area contributed by atoms with Crippen LogP contribution in [0.1, 0.15) is 92.7 Å². The van der Waals surface area contributed by atoms with Crippen molar-refractivity contribution in [3.8, 4) is 17.2 Å². The van der Waals surface area contributed by atoms with Crippen LogP contribution in [0.5, 0.6) is 17.2 Å². The molecule has 0 saturated heterocycles. The number of benzene rings is 3. The van der Waals surface area contributed by atoms with Crippen LogP contribution in [0.3, 0.4) is 0 Å². The summed E-state index contributed by atoms with van der Waals surface area (Å²) in [4.78, 5) is 0. The van der Waals surface area contributed by atoms with Gasteiger partial charge in [0.25, 0.3) is 0 Å². The normalized spacial score (nSPS) is 11.6. The Kier molecular flexibility index (Phi) is 8.66. The SMILES string of the molecule is Cc1cc(C(C)C)ccc1OP(Oc1ccc(C(C)C)cc1C)Oc1ccc(C(C)C)cc1C. The minimum Gasteiger partial charge on any atom is -0.408 e. The van der Waals surface area contributed by atoms with Gasteiger partial charge in [0.15, 0.2) is 0 Å². The van der Waals surface area contributed by atoms with Crippen LogP contribution < -0.4 is 13.6 Å². The molecule has 0 unspecified atom stereocenters. The third-order valence-electron chi connectivity index (χ3n) is 6.12. The van der Waals surface area contributed by atoms with Crippen molar-refractivity contribution >= 4 is 8.60 Å². The maximum absolute atomic E-state index is 6.37. The zero-order valence-electron chi connectivity index (χ0n) is 22.1. The van der Waals surface area contributed by atoms with E-state index >= 15 is 0 Å². The molecule has 4 heteroatoms. The molecule has 3 aromatic carbocycles. The lowest BCUT2D eigenvalue weighted by Gasteiger charge is -2.22. The summed E-state index contributed by atoms with van der Waals surface area (Å²) < 4.78 is 19.1. The zero-order valence-corrected chi connectivity index (χ0v) is 23.0.